The number of nitrogens with zero attached hydrogens (tertiary/aromatic N) is 5. The zero-order chi connectivity index (χ0) is 17.4. The molecule has 1 saturated heterocycles. The first-order valence-electron chi connectivity index (χ1n) is 8.56. The maximum absolute atomic E-state index is 13.0. The van der Waals surface area contributed by atoms with Crippen molar-refractivity contribution < 1.29 is 4.79 Å². The fourth-order valence-corrected chi connectivity index (χ4v) is 4.44. The van der Waals surface area contributed by atoms with E-state index in [0.717, 1.165) is 37.4 Å². The van der Waals surface area contributed by atoms with Crippen molar-refractivity contribution in [2.75, 3.05) is 13.1 Å². The quantitative estimate of drug-likeness (QED) is 0.822. The number of hydrogen-bond donors (Lipinski definition) is 1. The summed E-state index contributed by atoms with van der Waals surface area (Å²) < 4.78 is 2.61. The maximum atomic E-state index is 13.0. The van der Waals surface area contributed by atoms with Crippen LogP contribution >= 0.6 is 11.3 Å². The van der Waals surface area contributed by atoms with Gasteiger partial charge >= 0.3 is 5.69 Å². The van der Waals surface area contributed by atoms with E-state index in [-0.39, 0.29) is 29.6 Å². The van der Waals surface area contributed by atoms with Gasteiger partial charge in [-0.15, -0.1) is 11.3 Å². The second kappa shape index (κ2) is 6.38. The molecule has 4 rings (SSSR count). The Hall–Kier alpha value is -2.00. The lowest BCUT2D eigenvalue weighted by atomic mass is 9.93. The van der Waals surface area contributed by atoms with Crippen molar-refractivity contribution in [2.45, 2.75) is 38.4 Å². The summed E-state index contributed by atoms with van der Waals surface area (Å²) >= 11 is 1.56. The molecule has 9 heteroatoms. The number of hydrogen-bond acceptors (Lipinski definition) is 6. The number of thiazole rings is 1. The van der Waals surface area contributed by atoms with Crippen LogP contribution in [0.2, 0.25) is 0 Å². The predicted molar refractivity (Wildman–Crippen MR) is 93.1 cm³/mol. The van der Waals surface area contributed by atoms with E-state index in [1.165, 1.54) is 15.6 Å². The molecule has 1 aliphatic heterocycles. The molecule has 25 heavy (non-hydrogen) atoms. The molecule has 1 atom stereocenters. The molecule has 134 valence electrons. The van der Waals surface area contributed by atoms with Gasteiger partial charge in [-0.1, -0.05) is 0 Å². The standard InChI is InChI=1S/C16H22N6O2S/c1-20-11-19-22(15(20)24)10-14(23)21(9-13-18-6-7-25-13)12-8-16(12)2-4-17-5-3-16/h6-7,11-12,17H,2-5,8-10H2,1H3. The van der Waals surface area contributed by atoms with Crippen LogP contribution in [0.4, 0.5) is 0 Å². The second-order valence-corrected chi connectivity index (χ2v) is 7.94. The number of carbonyl (C=O) groups excluding carboxylic acids is 1. The summed E-state index contributed by atoms with van der Waals surface area (Å²) in [6.07, 6.45) is 6.44. The number of carbonyl (C=O) groups is 1. The van der Waals surface area contributed by atoms with Crippen molar-refractivity contribution >= 4 is 17.2 Å². The van der Waals surface area contributed by atoms with Gasteiger partial charge in [0, 0.05) is 24.7 Å². The van der Waals surface area contributed by atoms with Crippen molar-refractivity contribution in [2.24, 2.45) is 12.5 Å². The van der Waals surface area contributed by atoms with E-state index in [2.05, 4.69) is 15.4 Å². The molecular formula is C16H22N6O2S. The SMILES string of the molecule is Cn1cnn(CC(=O)N(Cc2nccs2)C2CC23CCNCC3)c1=O. The lowest BCUT2D eigenvalue weighted by Gasteiger charge is -2.29. The number of amides is 1. The fourth-order valence-electron chi connectivity index (χ4n) is 3.83. The minimum Gasteiger partial charge on any atom is -0.331 e. The zero-order valence-corrected chi connectivity index (χ0v) is 15.0. The summed E-state index contributed by atoms with van der Waals surface area (Å²) in [6, 6.07) is 0.241. The summed E-state index contributed by atoms with van der Waals surface area (Å²) in [5.74, 6) is -0.0589. The topological polar surface area (TPSA) is 85.1 Å². The molecule has 1 spiro atoms. The molecule has 1 aliphatic carbocycles. The lowest BCUT2D eigenvalue weighted by molar-refractivity contribution is -0.134. The largest absolute Gasteiger partial charge is 0.345 e. The Balaban J connectivity index is 1.54. The van der Waals surface area contributed by atoms with Gasteiger partial charge in [0.15, 0.2) is 0 Å². The van der Waals surface area contributed by atoms with Crippen molar-refractivity contribution in [1.82, 2.24) is 29.5 Å². The van der Waals surface area contributed by atoms with E-state index in [4.69, 9.17) is 0 Å². The van der Waals surface area contributed by atoms with Crippen molar-refractivity contribution in [3.8, 4) is 0 Å². The summed E-state index contributed by atoms with van der Waals surface area (Å²) in [5.41, 5.74) is -0.0253. The highest BCUT2D eigenvalue weighted by atomic mass is 32.1. The summed E-state index contributed by atoms with van der Waals surface area (Å²) in [4.78, 5) is 31.2. The van der Waals surface area contributed by atoms with Crippen LogP contribution in [-0.4, -0.2) is 49.3 Å². The molecule has 3 heterocycles. The van der Waals surface area contributed by atoms with Crippen molar-refractivity contribution in [3.05, 3.63) is 33.4 Å². The Kier molecular flexibility index (Phi) is 4.20. The number of piperidine rings is 1. The van der Waals surface area contributed by atoms with Gasteiger partial charge < -0.3 is 10.2 Å². The summed E-state index contributed by atoms with van der Waals surface area (Å²) in [6.45, 7) is 2.51. The molecule has 1 amide bonds. The molecular weight excluding hydrogens is 340 g/mol. The lowest BCUT2D eigenvalue weighted by Crippen LogP contribution is -2.41. The first kappa shape index (κ1) is 16.5. The Bertz CT molecular complexity index is 805. The highest BCUT2D eigenvalue weighted by Crippen LogP contribution is 2.56. The van der Waals surface area contributed by atoms with E-state index < -0.39 is 0 Å². The Labute approximate surface area is 149 Å². The molecule has 1 N–H and O–H groups in total. The van der Waals surface area contributed by atoms with Crippen LogP contribution in [0.3, 0.4) is 0 Å². The van der Waals surface area contributed by atoms with Gasteiger partial charge in [0.25, 0.3) is 0 Å². The Morgan fingerprint density at radius 2 is 2.28 bits per heavy atom. The number of aromatic nitrogens is 4. The first-order valence-corrected chi connectivity index (χ1v) is 9.44. The van der Waals surface area contributed by atoms with Crippen LogP contribution in [-0.2, 0) is 24.9 Å². The molecule has 0 aromatic carbocycles. The smallest absolute Gasteiger partial charge is 0.331 e. The van der Waals surface area contributed by atoms with E-state index in [1.54, 1.807) is 24.6 Å². The molecule has 2 fully saturated rings. The molecule has 2 aliphatic rings. The van der Waals surface area contributed by atoms with Crippen LogP contribution in [0, 0.1) is 5.41 Å². The van der Waals surface area contributed by atoms with E-state index in [0.29, 0.717) is 6.54 Å². The van der Waals surface area contributed by atoms with Crippen LogP contribution in [0.25, 0.3) is 0 Å². The number of aryl methyl sites for hydroxylation is 1. The summed E-state index contributed by atoms with van der Waals surface area (Å²) in [5, 5.41) is 10.3. The number of rotatable bonds is 5. The van der Waals surface area contributed by atoms with Crippen LogP contribution in [0.15, 0.2) is 22.7 Å². The third-order valence-electron chi connectivity index (χ3n) is 5.40. The third-order valence-corrected chi connectivity index (χ3v) is 6.17. The van der Waals surface area contributed by atoms with Gasteiger partial charge in [-0.2, -0.15) is 5.10 Å². The molecule has 2 aromatic rings. The minimum atomic E-state index is -0.269. The van der Waals surface area contributed by atoms with Gasteiger partial charge in [-0.05, 0) is 37.8 Å². The van der Waals surface area contributed by atoms with Crippen LogP contribution in [0.1, 0.15) is 24.3 Å². The molecule has 1 unspecified atom stereocenters. The Morgan fingerprint density at radius 3 is 2.92 bits per heavy atom. The molecule has 1 saturated carbocycles. The number of nitrogens with one attached hydrogen (secondary N) is 1. The minimum absolute atomic E-state index is 0.0180. The van der Waals surface area contributed by atoms with Gasteiger partial charge in [0.2, 0.25) is 5.91 Å². The fraction of sp³-hybridized carbons (Fsp3) is 0.625. The van der Waals surface area contributed by atoms with Crippen molar-refractivity contribution in [1.29, 1.82) is 0 Å². The molecule has 0 bridgehead atoms. The average Bonchev–Trinajstić information content (AvgIpc) is 2.96. The van der Waals surface area contributed by atoms with Gasteiger partial charge in [-0.3, -0.25) is 9.36 Å². The molecule has 2 aromatic heterocycles. The van der Waals surface area contributed by atoms with E-state index in [9.17, 15) is 9.59 Å². The maximum Gasteiger partial charge on any atom is 0.345 e. The monoisotopic (exact) mass is 362 g/mol. The molecule has 8 nitrogen and oxygen atoms in total. The van der Waals surface area contributed by atoms with E-state index >= 15 is 0 Å². The predicted octanol–water partition coefficient (Wildman–Crippen LogP) is 0.209. The van der Waals surface area contributed by atoms with Crippen LogP contribution < -0.4 is 11.0 Å². The zero-order valence-electron chi connectivity index (χ0n) is 14.2. The normalized spacial score (nSPS) is 21.4. The average molecular weight is 362 g/mol. The van der Waals surface area contributed by atoms with E-state index in [1.807, 2.05) is 10.3 Å². The highest BCUT2D eigenvalue weighted by molar-refractivity contribution is 7.09. The van der Waals surface area contributed by atoms with Gasteiger partial charge in [0.1, 0.15) is 17.9 Å². The Morgan fingerprint density at radius 1 is 1.48 bits per heavy atom. The second-order valence-electron chi connectivity index (χ2n) is 6.96. The third kappa shape index (κ3) is 3.13. The highest BCUT2D eigenvalue weighted by Gasteiger charge is 2.57. The van der Waals surface area contributed by atoms with Crippen LogP contribution in [0.5, 0.6) is 0 Å². The van der Waals surface area contributed by atoms with Gasteiger partial charge in [0.05, 0.1) is 6.54 Å². The summed E-state index contributed by atoms with van der Waals surface area (Å²) in [7, 11) is 1.63. The molecule has 0 radical (unpaired) electrons. The van der Waals surface area contributed by atoms with Crippen molar-refractivity contribution in [3.63, 3.8) is 0 Å². The van der Waals surface area contributed by atoms with Gasteiger partial charge in [-0.25, -0.2) is 14.5 Å². The first-order chi connectivity index (χ1) is 12.1.